The lowest BCUT2D eigenvalue weighted by Gasteiger charge is -2.58. The number of amides is 2. The fourth-order valence-electron chi connectivity index (χ4n) is 6.14. The van der Waals surface area contributed by atoms with Crippen molar-refractivity contribution in [3.63, 3.8) is 0 Å². The summed E-state index contributed by atoms with van der Waals surface area (Å²) in [5, 5.41) is 29.6. The van der Waals surface area contributed by atoms with Gasteiger partial charge in [0.05, 0.1) is 18.4 Å². The van der Waals surface area contributed by atoms with Crippen LogP contribution in [0.2, 0.25) is 0 Å². The van der Waals surface area contributed by atoms with Crippen LogP contribution in [0.1, 0.15) is 60.0 Å². The van der Waals surface area contributed by atoms with Gasteiger partial charge in [0.15, 0.2) is 10.3 Å². The van der Waals surface area contributed by atoms with E-state index >= 15 is 0 Å². The van der Waals surface area contributed by atoms with E-state index in [1.165, 1.54) is 40.9 Å². The molecule has 5 rings (SSSR count). The second-order valence-electron chi connectivity index (χ2n) is 10.4. The molecular weight excluding hydrogens is 515 g/mol. The molecule has 37 heavy (non-hydrogen) atoms. The lowest BCUT2D eigenvalue weighted by atomic mass is 9.47. The third kappa shape index (κ3) is 4.69. The Labute approximate surface area is 222 Å². The molecule has 2 aromatic heterocycles. The number of fused-ring (bicyclic) bond motifs is 2. The number of hydrogen-bond acceptors (Lipinski definition) is 8. The lowest BCUT2D eigenvalue weighted by molar-refractivity contribution is -0.143. The zero-order valence-corrected chi connectivity index (χ0v) is 22.2. The first-order chi connectivity index (χ1) is 17.6. The van der Waals surface area contributed by atoms with Gasteiger partial charge in [0.25, 0.3) is 5.91 Å². The second kappa shape index (κ2) is 9.86. The van der Waals surface area contributed by atoms with E-state index in [4.69, 9.17) is 4.98 Å². The maximum Gasteiger partial charge on any atom is 0.257 e. The van der Waals surface area contributed by atoms with E-state index in [9.17, 15) is 24.2 Å². The van der Waals surface area contributed by atoms with Gasteiger partial charge in [0.1, 0.15) is 5.82 Å². The number of nitrogens with one attached hydrogen (secondary N) is 2. The van der Waals surface area contributed by atoms with Crippen LogP contribution >= 0.6 is 22.7 Å². The van der Waals surface area contributed by atoms with Gasteiger partial charge in [-0.05, 0) is 48.8 Å². The number of thiazole rings is 2. The topological polar surface area (TPSA) is 124 Å². The van der Waals surface area contributed by atoms with E-state index in [0.717, 1.165) is 16.6 Å². The highest BCUT2D eigenvalue weighted by Gasteiger charge is 2.59. The number of hydrogen-bond donors (Lipinski definition) is 4. The summed E-state index contributed by atoms with van der Waals surface area (Å²) in [5.74, 6) is -1.57. The second-order valence-corrected chi connectivity index (χ2v) is 12.4. The number of benzene rings is 1. The number of aliphatic hydroxyl groups excluding tert-OH is 2. The van der Waals surface area contributed by atoms with Gasteiger partial charge in [-0.1, -0.05) is 19.9 Å². The van der Waals surface area contributed by atoms with Gasteiger partial charge < -0.3 is 15.5 Å². The predicted molar refractivity (Wildman–Crippen MR) is 140 cm³/mol. The van der Waals surface area contributed by atoms with Gasteiger partial charge >= 0.3 is 0 Å². The molecule has 1 saturated carbocycles. The van der Waals surface area contributed by atoms with Gasteiger partial charge in [0, 0.05) is 39.8 Å². The summed E-state index contributed by atoms with van der Waals surface area (Å²) in [6.45, 7) is 3.85. The monoisotopic (exact) mass is 544 g/mol. The number of aromatic nitrogens is 2. The van der Waals surface area contributed by atoms with Crippen LogP contribution in [-0.2, 0) is 11.2 Å². The number of carbonyl (C=O) groups is 2. The third-order valence-corrected chi connectivity index (χ3v) is 9.97. The third-order valence-electron chi connectivity index (χ3n) is 8.27. The maximum atomic E-state index is 13.6. The predicted octanol–water partition coefficient (Wildman–Crippen LogP) is 4.44. The normalized spacial score (nSPS) is 28.7. The van der Waals surface area contributed by atoms with Crippen LogP contribution < -0.4 is 10.6 Å². The fraction of sp³-hybridized carbons (Fsp3) is 0.462. The molecule has 8 nitrogen and oxygen atoms in total. The quantitative estimate of drug-likeness (QED) is 0.364. The molecule has 3 aromatic rings. The summed E-state index contributed by atoms with van der Waals surface area (Å²) in [5.41, 5.74) is -0.223. The molecule has 0 bridgehead atoms. The largest absolute Gasteiger partial charge is 0.396 e. The first-order valence-corrected chi connectivity index (χ1v) is 13.9. The minimum Gasteiger partial charge on any atom is -0.396 e. The fourth-order valence-corrected chi connectivity index (χ4v) is 7.75. The van der Waals surface area contributed by atoms with Crippen molar-refractivity contribution in [2.45, 2.75) is 51.6 Å². The van der Waals surface area contributed by atoms with Gasteiger partial charge in [-0.3, -0.25) is 14.9 Å². The molecule has 0 spiro atoms. The zero-order chi connectivity index (χ0) is 26.4. The molecular formula is C26H29FN4O4S2. The van der Waals surface area contributed by atoms with Crippen LogP contribution in [0.5, 0.6) is 0 Å². The zero-order valence-electron chi connectivity index (χ0n) is 20.5. The van der Waals surface area contributed by atoms with Crippen molar-refractivity contribution < 1.29 is 24.2 Å². The van der Waals surface area contributed by atoms with E-state index in [2.05, 4.69) is 22.5 Å². The average Bonchev–Trinajstić information content (AvgIpc) is 3.52. The Morgan fingerprint density at radius 2 is 2.05 bits per heavy atom. The van der Waals surface area contributed by atoms with Crippen LogP contribution in [0.25, 0.3) is 0 Å². The Morgan fingerprint density at radius 1 is 1.24 bits per heavy atom. The summed E-state index contributed by atoms with van der Waals surface area (Å²) in [4.78, 5) is 35.7. The maximum absolute atomic E-state index is 13.6. The molecule has 0 radical (unpaired) electrons. The van der Waals surface area contributed by atoms with E-state index in [1.54, 1.807) is 11.6 Å². The van der Waals surface area contributed by atoms with Crippen LogP contribution in [0.15, 0.2) is 35.8 Å². The van der Waals surface area contributed by atoms with E-state index in [0.29, 0.717) is 29.5 Å². The molecule has 2 aliphatic rings. The minimum atomic E-state index is -0.746. The molecule has 2 amide bonds. The van der Waals surface area contributed by atoms with Crippen molar-refractivity contribution in [2.24, 2.45) is 16.7 Å². The number of carbonyl (C=O) groups excluding carboxylic acids is 2. The molecule has 0 saturated heterocycles. The summed E-state index contributed by atoms with van der Waals surface area (Å²) in [6, 6.07) is 5.44. The highest BCUT2D eigenvalue weighted by atomic mass is 32.1. The summed E-state index contributed by atoms with van der Waals surface area (Å²) >= 11 is 2.66. The Morgan fingerprint density at radius 3 is 2.76 bits per heavy atom. The van der Waals surface area contributed by atoms with Crippen molar-refractivity contribution in [3.8, 4) is 0 Å². The molecule has 2 heterocycles. The lowest BCUT2D eigenvalue weighted by Crippen LogP contribution is -2.57. The molecule has 2 aliphatic carbocycles. The first kappa shape index (κ1) is 25.9. The van der Waals surface area contributed by atoms with Crippen molar-refractivity contribution in [3.05, 3.63) is 57.8 Å². The summed E-state index contributed by atoms with van der Waals surface area (Å²) in [7, 11) is 0. The summed E-state index contributed by atoms with van der Waals surface area (Å²) < 4.78 is 13.6. The van der Waals surface area contributed by atoms with Crippen LogP contribution in [0.4, 0.5) is 14.7 Å². The Kier molecular flexibility index (Phi) is 6.90. The van der Waals surface area contributed by atoms with E-state index in [1.807, 2.05) is 6.92 Å². The van der Waals surface area contributed by atoms with E-state index in [-0.39, 0.29) is 36.3 Å². The van der Waals surface area contributed by atoms with Gasteiger partial charge in [-0.15, -0.1) is 22.7 Å². The number of aliphatic hydroxyl groups is 2. The number of nitrogens with zero attached hydrogens (tertiary/aromatic N) is 2. The molecule has 5 atom stereocenters. The van der Waals surface area contributed by atoms with E-state index < -0.39 is 28.7 Å². The number of halogens is 1. The molecule has 11 heteroatoms. The van der Waals surface area contributed by atoms with Crippen molar-refractivity contribution in [1.29, 1.82) is 0 Å². The molecule has 1 aromatic carbocycles. The van der Waals surface area contributed by atoms with Crippen molar-refractivity contribution in [2.75, 3.05) is 17.2 Å². The summed E-state index contributed by atoms with van der Waals surface area (Å²) in [6.07, 6.45) is 2.86. The van der Waals surface area contributed by atoms with Crippen molar-refractivity contribution in [1.82, 2.24) is 9.97 Å². The molecule has 4 N–H and O–H groups in total. The number of anilines is 2. The Bertz CT molecular complexity index is 1320. The van der Waals surface area contributed by atoms with Gasteiger partial charge in [0.2, 0.25) is 5.91 Å². The highest BCUT2D eigenvalue weighted by molar-refractivity contribution is 7.16. The molecule has 196 valence electrons. The van der Waals surface area contributed by atoms with Crippen molar-refractivity contribution >= 4 is 44.8 Å². The first-order valence-electron chi connectivity index (χ1n) is 12.2. The highest BCUT2D eigenvalue weighted by Crippen LogP contribution is 2.62. The van der Waals surface area contributed by atoms with Crippen LogP contribution in [-0.4, -0.2) is 44.7 Å². The molecule has 0 aliphatic heterocycles. The average molecular weight is 545 g/mol. The Balaban J connectivity index is 1.50. The van der Waals surface area contributed by atoms with Gasteiger partial charge in [-0.25, -0.2) is 14.4 Å². The molecule has 1 fully saturated rings. The number of rotatable bonds is 6. The SMILES string of the molecule is CC1(CO)C(O)CCC2(C)C(CC(=O)Nc3nccs3)c3nc(NC(=O)c4cccc(F)c4)sc3CC12. The minimum absolute atomic E-state index is 0.105. The Hall–Kier alpha value is -2.73. The van der Waals surface area contributed by atoms with Gasteiger partial charge in [-0.2, -0.15) is 0 Å². The smallest absolute Gasteiger partial charge is 0.257 e. The standard InChI is InChI=1S/C26H29FN4O4S2/c1-25-7-6-19(33)26(2,13-32)18(25)12-17-21(16(25)11-20(34)29-23-28-8-9-36-23)30-24(37-17)31-22(35)14-4-3-5-15(27)10-14/h3-5,8-10,16,18-19,32-33H,6-7,11-13H2,1-2H3,(H,28,29,34)(H,30,31,35). The molecule has 5 unspecified atom stereocenters. The van der Waals surface area contributed by atoms with Crippen LogP contribution in [0, 0.1) is 22.6 Å². The van der Waals surface area contributed by atoms with Crippen LogP contribution in [0.3, 0.4) is 0 Å².